The normalized spacial score (nSPS) is 25.6. The molecule has 1 aliphatic carbocycles. The average molecular weight is 239 g/mol. The van der Waals surface area contributed by atoms with E-state index in [9.17, 15) is 0 Å². The van der Waals surface area contributed by atoms with Crippen molar-refractivity contribution in [2.24, 2.45) is 0 Å². The van der Waals surface area contributed by atoms with Gasteiger partial charge in [-0.15, -0.1) is 0 Å². The quantitative estimate of drug-likeness (QED) is 0.803. The Morgan fingerprint density at radius 1 is 1.18 bits per heavy atom. The smallest absolute Gasteiger partial charge is 0.0309 e. The Kier molecular flexibility index (Phi) is 4.83. The molecule has 0 unspecified atom stereocenters. The third-order valence-electron chi connectivity index (χ3n) is 4.34. The molecule has 1 heterocycles. The van der Waals surface area contributed by atoms with Gasteiger partial charge in [0, 0.05) is 25.2 Å². The Labute approximate surface area is 107 Å². The van der Waals surface area contributed by atoms with Crippen LogP contribution in [0.2, 0.25) is 0 Å². The zero-order valence-electron chi connectivity index (χ0n) is 11.7. The minimum absolute atomic E-state index is 0.481. The molecule has 17 heavy (non-hydrogen) atoms. The van der Waals surface area contributed by atoms with Crippen LogP contribution in [0, 0.1) is 0 Å². The SMILES string of the molecule is CN(C)CCCN1CCNC2(CCCCC2)C1. The van der Waals surface area contributed by atoms with Crippen molar-refractivity contribution in [1.29, 1.82) is 0 Å². The predicted octanol–water partition coefficient (Wildman–Crippen LogP) is 1.55. The first-order chi connectivity index (χ1) is 8.20. The summed E-state index contributed by atoms with van der Waals surface area (Å²) in [6, 6.07) is 0. The van der Waals surface area contributed by atoms with Crippen LogP contribution in [-0.2, 0) is 0 Å². The molecule has 3 nitrogen and oxygen atoms in total. The highest BCUT2D eigenvalue weighted by Crippen LogP contribution is 2.30. The maximum absolute atomic E-state index is 3.81. The molecule has 0 atom stereocenters. The monoisotopic (exact) mass is 239 g/mol. The lowest BCUT2D eigenvalue weighted by Gasteiger charge is -2.46. The molecule has 0 aromatic heterocycles. The Morgan fingerprint density at radius 2 is 1.94 bits per heavy atom. The van der Waals surface area contributed by atoms with Crippen LogP contribution in [0.4, 0.5) is 0 Å². The summed E-state index contributed by atoms with van der Waals surface area (Å²) in [6.07, 6.45) is 8.42. The zero-order chi connectivity index (χ0) is 12.1. The molecule has 3 heteroatoms. The van der Waals surface area contributed by atoms with E-state index in [4.69, 9.17) is 0 Å². The largest absolute Gasteiger partial charge is 0.309 e. The Balaban J connectivity index is 1.76. The first-order valence-electron chi connectivity index (χ1n) is 7.32. The van der Waals surface area contributed by atoms with E-state index in [1.165, 1.54) is 71.2 Å². The van der Waals surface area contributed by atoms with Gasteiger partial charge in [-0.3, -0.25) is 0 Å². The van der Waals surface area contributed by atoms with E-state index in [0.29, 0.717) is 5.54 Å². The Hall–Kier alpha value is -0.120. The minimum atomic E-state index is 0.481. The molecule has 1 spiro atoms. The fraction of sp³-hybridized carbons (Fsp3) is 1.00. The molecule has 2 aliphatic rings. The zero-order valence-corrected chi connectivity index (χ0v) is 11.7. The second kappa shape index (κ2) is 6.17. The third-order valence-corrected chi connectivity index (χ3v) is 4.34. The number of nitrogens with one attached hydrogen (secondary N) is 1. The molecule has 0 amide bonds. The summed E-state index contributed by atoms with van der Waals surface area (Å²) in [6.45, 7) is 6.23. The van der Waals surface area contributed by atoms with E-state index in [0.717, 1.165) is 0 Å². The van der Waals surface area contributed by atoms with Crippen LogP contribution in [0.5, 0.6) is 0 Å². The number of hydrogen-bond donors (Lipinski definition) is 1. The molecule has 1 saturated carbocycles. The highest BCUT2D eigenvalue weighted by molar-refractivity contribution is 4.96. The first-order valence-corrected chi connectivity index (χ1v) is 7.32. The van der Waals surface area contributed by atoms with Gasteiger partial charge in [0.2, 0.25) is 0 Å². The first kappa shape index (κ1) is 13.3. The summed E-state index contributed by atoms with van der Waals surface area (Å²) in [5.41, 5.74) is 0.481. The fourth-order valence-corrected chi connectivity index (χ4v) is 3.41. The van der Waals surface area contributed by atoms with Gasteiger partial charge in [-0.25, -0.2) is 0 Å². The van der Waals surface area contributed by atoms with Crippen molar-refractivity contribution in [2.75, 3.05) is 46.8 Å². The third kappa shape index (κ3) is 3.94. The lowest BCUT2D eigenvalue weighted by molar-refractivity contribution is 0.0969. The van der Waals surface area contributed by atoms with Crippen molar-refractivity contribution in [3.8, 4) is 0 Å². The number of rotatable bonds is 4. The van der Waals surface area contributed by atoms with Crippen LogP contribution in [0.25, 0.3) is 0 Å². The summed E-state index contributed by atoms with van der Waals surface area (Å²) in [7, 11) is 4.33. The summed E-state index contributed by atoms with van der Waals surface area (Å²) in [5.74, 6) is 0. The molecule has 2 rings (SSSR count). The molecule has 0 radical (unpaired) electrons. The van der Waals surface area contributed by atoms with E-state index in [1.54, 1.807) is 0 Å². The highest BCUT2D eigenvalue weighted by atomic mass is 15.2. The minimum Gasteiger partial charge on any atom is -0.309 e. The van der Waals surface area contributed by atoms with Gasteiger partial charge in [-0.2, -0.15) is 0 Å². The van der Waals surface area contributed by atoms with E-state index in [2.05, 4.69) is 29.2 Å². The fourth-order valence-electron chi connectivity index (χ4n) is 3.41. The van der Waals surface area contributed by atoms with Crippen LogP contribution in [-0.4, -0.2) is 62.2 Å². The van der Waals surface area contributed by atoms with Crippen LogP contribution in [0.1, 0.15) is 38.5 Å². The van der Waals surface area contributed by atoms with E-state index in [-0.39, 0.29) is 0 Å². The number of piperazine rings is 1. The van der Waals surface area contributed by atoms with Gasteiger partial charge >= 0.3 is 0 Å². The molecule has 0 aromatic carbocycles. The topological polar surface area (TPSA) is 18.5 Å². The maximum Gasteiger partial charge on any atom is 0.0309 e. The standard InChI is InChI=1S/C14H29N3/c1-16(2)10-6-11-17-12-9-15-14(13-17)7-4-3-5-8-14/h15H,3-13H2,1-2H3. The molecule has 0 bridgehead atoms. The summed E-state index contributed by atoms with van der Waals surface area (Å²) in [5, 5.41) is 3.81. The Bertz CT molecular complexity index is 216. The van der Waals surface area contributed by atoms with Gasteiger partial charge in [-0.05, 0) is 46.4 Å². The molecule has 1 saturated heterocycles. The molecule has 1 N–H and O–H groups in total. The Morgan fingerprint density at radius 3 is 2.65 bits per heavy atom. The van der Waals surface area contributed by atoms with Gasteiger partial charge in [0.25, 0.3) is 0 Å². The van der Waals surface area contributed by atoms with Crippen molar-refractivity contribution in [1.82, 2.24) is 15.1 Å². The van der Waals surface area contributed by atoms with Crippen LogP contribution >= 0.6 is 0 Å². The number of nitrogens with zero attached hydrogens (tertiary/aromatic N) is 2. The van der Waals surface area contributed by atoms with Crippen molar-refractivity contribution in [3.63, 3.8) is 0 Å². The van der Waals surface area contributed by atoms with Gasteiger partial charge in [0.05, 0.1) is 0 Å². The summed E-state index contributed by atoms with van der Waals surface area (Å²) < 4.78 is 0. The number of hydrogen-bond acceptors (Lipinski definition) is 3. The lowest BCUT2D eigenvalue weighted by atomic mass is 9.80. The van der Waals surface area contributed by atoms with E-state index in [1.807, 2.05) is 0 Å². The second-order valence-electron chi connectivity index (χ2n) is 6.20. The van der Waals surface area contributed by atoms with Gasteiger partial charge in [-0.1, -0.05) is 19.3 Å². The summed E-state index contributed by atoms with van der Waals surface area (Å²) in [4.78, 5) is 4.98. The van der Waals surface area contributed by atoms with Crippen LogP contribution in [0.3, 0.4) is 0 Å². The van der Waals surface area contributed by atoms with Gasteiger partial charge in [0.1, 0.15) is 0 Å². The molecule has 1 aliphatic heterocycles. The second-order valence-corrected chi connectivity index (χ2v) is 6.20. The maximum atomic E-state index is 3.81. The molecule has 2 fully saturated rings. The van der Waals surface area contributed by atoms with Crippen molar-refractivity contribution in [3.05, 3.63) is 0 Å². The van der Waals surface area contributed by atoms with Crippen molar-refractivity contribution >= 4 is 0 Å². The van der Waals surface area contributed by atoms with Gasteiger partial charge in [0.15, 0.2) is 0 Å². The van der Waals surface area contributed by atoms with Gasteiger partial charge < -0.3 is 15.1 Å². The highest BCUT2D eigenvalue weighted by Gasteiger charge is 2.35. The van der Waals surface area contributed by atoms with E-state index < -0.39 is 0 Å². The van der Waals surface area contributed by atoms with Crippen LogP contribution in [0.15, 0.2) is 0 Å². The lowest BCUT2D eigenvalue weighted by Crippen LogP contribution is -2.61. The van der Waals surface area contributed by atoms with Crippen molar-refractivity contribution < 1.29 is 0 Å². The molecule has 100 valence electrons. The molecular formula is C14H29N3. The average Bonchev–Trinajstić information content (AvgIpc) is 2.29. The van der Waals surface area contributed by atoms with Crippen LogP contribution < -0.4 is 5.32 Å². The van der Waals surface area contributed by atoms with E-state index >= 15 is 0 Å². The molecule has 0 aromatic rings. The van der Waals surface area contributed by atoms with Crippen molar-refractivity contribution in [2.45, 2.75) is 44.1 Å². The molecular weight excluding hydrogens is 210 g/mol. The predicted molar refractivity (Wildman–Crippen MR) is 73.4 cm³/mol. The summed E-state index contributed by atoms with van der Waals surface area (Å²) >= 11 is 0.